The van der Waals surface area contributed by atoms with E-state index < -0.39 is 6.09 Å². The molecule has 1 fully saturated rings. The topological polar surface area (TPSA) is 148 Å². The average Bonchev–Trinajstić information content (AvgIpc) is 2.74. The number of nitrogens with one attached hydrogen (secondary N) is 1. The number of amides is 2. The van der Waals surface area contributed by atoms with Gasteiger partial charge in [0, 0.05) is 13.1 Å². The van der Waals surface area contributed by atoms with E-state index in [0.717, 1.165) is 19.3 Å². The van der Waals surface area contributed by atoms with Crippen LogP contribution in [0.1, 0.15) is 19.3 Å². The Hall–Kier alpha value is -3.53. The Balaban J connectivity index is 1.72. The zero-order valence-electron chi connectivity index (χ0n) is 15.9. The first-order valence-corrected chi connectivity index (χ1v) is 9.31. The van der Waals surface area contributed by atoms with Crippen molar-refractivity contribution in [1.82, 2.24) is 9.88 Å². The van der Waals surface area contributed by atoms with Crippen molar-refractivity contribution in [2.45, 2.75) is 19.3 Å². The Bertz CT molecular complexity index is 910. The van der Waals surface area contributed by atoms with Gasteiger partial charge in [-0.2, -0.15) is 0 Å². The number of likely N-dealkylation sites (tertiary alicyclic amines) is 1. The van der Waals surface area contributed by atoms with Gasteiger partial charge in [-0.1, -0.05) is 12.1 Å². The van der Waals surface area contributed by atoms with Crippen LogP contribution in [0.5, 0.6) is 5.75 Å². The Morgan fingerprint density at radius 1 is 1.07 bits per heavy atom. The summed E-state index contributed by atoms with van der Waals surface area (Å²) in [6.07, 6.45) is 2.68. The molecule has 10 nitrogen and oxygen atoms in total. The smallest absolute Gasteiger partial charge is 0.408 e. The fourth-order valence-electron chi connectivity index (χ4n) is 2.78. The second-order valence-corrected chi connectivity index (χ2v) is 6.44. The van der Waals surface area contributed by atoms with E-state index in [9.17, 15) is 9.59 Å². The van der Waals surface area contributed by atoms with Crippen LogP contribution in [0, 0.1) is 0 Å². The highest BCUT2D eigenvalue weighted by molar-refractivity contribution is 5.91. The number of carbonyl (C=O) groups is 2. The molecule has 0 aliphatic carbocycles. The number of anilines is 2. The molecule has 2 heterocycles. The third-order valence-corrected chi connectivity index (χ3v) is 4.30. The number of piperidine rings is 1. The monoisotopic (exact) mass is 397 g/mol. The maximum absolute atomic E-state index is 12.4. The molecule has 0 spiro atoms. The van der Waals surface area contributed by atoms with Crippen LogP contribution in [0.15, 0.2) is 46.6 Å². The van der Waals surface area contributed by atoms with Crippen molar-refractivity contribution in [1.29, 1.82) is 0 Å². The van der Waals surface area contributed by atoms with E-state index in [1.165, 1.54) is 0 Å². The molecule has 29 heavy (non-hydrogen) atoms. The standard InChI is InChI=1S/C19H23N7O3/c20-12-17(27)22-16-9-8-14(18(21)23-16)25-24-13-6-2-3-7-15(13)29-19(28)26-10-4-1-5-11-26/h2-3,6-9H,1,4-5,10-12,20H2,(H3,21,22,23,27)/b25-24+. The van der Waals surface area contributed by atoms with Crippen molar-refractivity contribution < 1.29 is 14.3 Å². The second kappa shape index (κ2) is 9.60. The summed E-state index contributed by atoms with van der Waals surface area (Å²) in [7, 11) is 0. The van der Waals surface area contributed by atoms with Crippen LogP contribution in [0.3, 0.4) is 0 Å². The molecular formula is C19H23N7O3. The van der Waals surface area contributed by atoms with Crippen molar-refractivity contribution in [2.24, 2.45) is 16.0 Å². The number of rotatable bonds is 5. The van der Waals surface area contributed by atoms with Crippen molar-refractivity contribution in [2.75, 3.05) is 30.7 Å². The number of nitrogen functional groups attached to an aromatic ring is 1. The Morgan fingerprint density at radius 3 is 2.52 bits per heavy atom. The fourth-order valence-corrected chi connectivity index (χ4v) is 2.78. The number of aromatic nitrogens is 1. The van der Waals surface area contributed by atoms with Gasteiger partial charge in [0.2, 0.25) is 5.91 Å². The van der Waals surface area contributed by atoms with Gasteiger partial charge in [-0.05, 0) is 43.5 Å². The molecule has 152 valence electrons. The summed E-state index contributed by atoms with van der Waals surface area (Å²) < 4.78 is 5.51. The Morgan fingerprint density at radius 2 is 1.79 bits per heavy atom. The van der Waals surface area contributed by atoms with Crippen LogP contribution in [0.2, 0.25) is 0 Å². The van der Waals surface area contributed by atoms with Gasteiger partial charge in [-0.25, -0.2) is 9.78 Å². The number of nitrogens with zero attached hydrogens (tertiary/aromatic N) is 4. The zero-order chi connectivity index (χ0) is 20.6. The highest BCUT2D eigenvalue weighted by Gasteiger charge is 2.19. The third kappa shape index (κ3) is 5.48. The minimum atomic E-state index is -0.395. The van der Waals surface area contributed by atoms with Crippen molar-refractivity contribution in [3.63, 3.8) is 0 Å². The minimum Gasteiger partial charge on any atom is -0.408 e. The maximum Gasteiger partial charge on any atom is 0.415 e. The number of hydrogen-bond acceptors (Lipinski definition) is 8. The zero-order valence-corrected chi connectivity index (χ0v) is 15.9. The first-order valence-electron chi connectivity index (χ1n) is 9.31. The van der Waals surface area contributed by atoms with E-state index >= 15 is 0 Å². The van der Waals surface area contributed by atoms with Crippen molar-refractivity contribution in [3.8, 4) is 5.75 Å². The number of para-hydroxylation sites is 1. The minimum absolute atomic E-state index is 0.0892. The molecule has 0 bridgehead atoms. The lowest BCUT2D eigenvalue weighted by Crippen LogP contribution is -2.37. The lowest BCUT2D eigenvalue weighted by molar-refractivity contribution is -0.114. The molecule has 2 aromatic rings. The van der Waals surface area contributed by atoms with Crippen LogP contribution >= 0.6 is 0 Å². The SMILES string of the molecule is NCC(=O)Nc1ccc(/N=N/c2ccccc2OC(=O)N2CCCCC2)c(N)n1. The molecule has 1 aliphatic heterocycles. The number of azo groups is 1. The van der Waals surface area contributed by atoms with Gasteiger partial charge in [-0.15, -0.1) is 10.2 Å². The van der Waals surface area contributed by atoms with Crippen molar-refractivity contribution in [3.05, 3.63) is 36.4 Å². The van der Waals surface area contributed by atoms with E-state index in [-0.39, 0.29) is 24.1 Å². The second-order valence-electron chi connectivity index (χ2n) is 6.44. The lowest BCUT2D eigenvalue weighted by atomic mass is 10.1. The largest absolute Gasteiger partial charge is 0.415 e. The highest BCUT2D eigenvalue weighted by Crippen LogP contribution is 2.31. The van der Waals surface area contributed by atoms with Gasteiger partial charge in [-0.3, -0.25) is 4.79 Å². The molecule has 1 aromatic heterocycles. The van der Waals surface area contributed by atoms with Crippen LogP contribution in [0.25, 0.3) is 0 Å². The maximum atomic E-state index is 12.4. The molecule has 0 saturated carbocycles. The van der Waals surface area contributed by atoms with Crippen LogP contribution in [0.4, 0.5) is 27.8 Å². The number of ether oxygens (including phenoxy) is 1. The summed E-state index contributed by atoms with van der Waals surface area (Å²) in [5, 5.41) is 10.7. The highest BCUT2D eigenvalue weighted by atomic mass is 16.6. The quantitative estimate of drug-likeness (QED) is 0.661. The molecular weight excluding hydrogens is 374 g/mol. The molecule has 0 radical (unpaired) electrons. The molecule has 1 aromatic carbocycles. The van der Waals surface area contributed by atoms with Gasteiger partial charge in [0.05, 0.1) is 6.54 Å². The Labute approximate surface area is 167 Å². The molecule has 1 saturated heterocycles. The molecule has 2 amide bonds. The Kier molecular flexibility index (Phi) is 6.69. The fraction of sp³-hybridized carbons (Fsp3) is 0.316. The first-order chi connectivity index (χ1) is 14.1. The third-order valence-electron chi connectivity index (χ3n) is 4.30. The van der Waals surface area contributed by atoms with Gasteiger partial charge in [0.15, 0.2) is 11.6 Å². The summed E-state index contributed by atoms with van der Waals surface area (Å²) in [6, 6.07) is 9.97. The number of nitrogens with two attached hydrogens (primary N) is 2. The van der Waals surface area contributed by atoms with E-state index in [4.69, 9.17) is 16.2 Å². The van der Waals surface area contributed by atoms with Crippen LogP contribution in [-0.2, 0) is 4.79 Å². The van der Waals surface area contributed by atoms with Gasteiger partial charge in [0.25, 0.3) is 0 Å². The number of hydrogen-bond donors (Lipinski definition) is 3. The van der Waals surface area contributed by atoms with E-state index in [1.54, 1.807) is 41.3 Å². The molecule has 10 heteroatoms. The predicted octanol–water partition coefficient (Wildman–Crippen LogP) is 2.96. The summed E-state index contributed by atoms with van der Waals surface area (Å²) >= 11 is 0. The van der Waals surface area contributed by atoms with Gasteiger partial charge in [0.1, 0.15) is 17.2 Å². The van der Waals surface area contributed by atoms with E-state index in [2.05, 4.69) is 20.5 Å². The summed E-state index contributed by atoms with van der Waals surface area (Å²) in [5.74, 6) is 0.292. The number of carbonyl (C=O) groups excluding carboxylic acids is 2. The van der Waals surface area contributed by atoms with Gasteiger partial charge < -0.3 is 26.4 Å². The predicted molar refractivity (Wildman–Crippen MR) is 108 cm³/mol. The lowest BCUT2D eigenvalue weighted by Gasteiger charge is -2.25. The summed E-state index contributed by atoms with van der Waals surface area (Å²) in [6.45, 7) is 1.23. The first kappa shape index (κ1) is 20.2. The van der Waals surface area contributed by atoms with E-state index in [1.807, 2.05) is 0 Å². The molecule has 3 rings (SSSR count). The summed E-state index contributed by atoms with van der Waals surface area (Å²) in [5.41, 5.74) is 11.8. The van der Waals surface area contributed by atoms with Gasteiger partial charge >= 0.3 is 6.09 Å². The molecule has 5 N–H and O–H groups in total. The van der Waals surface area contributed by atoms with Crippen LogP contribution in [-0.4, -0.2) is 41.5 Å². The average molecular weight is 397 g/mol. The molecule has 0 atom stereocenters. The van der Waals surface area contributed by atoms with Crippen LogP contribution < -0.4 is 21.5 Å². The summed E-state index contributed by atoms with van der Waals surface area (Å²) in [4.78, 5) is 29.4. The van der Waals surface area contributed by atoms with E-state index in [0.29, 0.717) is 30.2 Å². The number of pyridine rings is 1. The normalized spacial score (nSPS) is 14.0. The van der Waals surface area contributed by atoms with Crippen molar-refractivity contribution >= 4 is 35.0 Å². The number of benzene rings is 1. The molecule has 1 aliphatic rings. The molecule has 0 unspecified atom stereocenters.